The van der Waals surface area contributed by atoms with Crippen molar-refractivity contribution in [2.45, 2.75) is 26.4 Å². The lowest BCUT2D eigenvalue weighted by Crippen LogP contribution is -2.08. The molecule has 0 saturated heterocycles. The molecule has 0 aliphatic carbocycles. The number of anilines is 1. The first-order valence-corrected chi connectivity index (χ1v) is 5.45. The summed E-state index contributed by atoms with van der Waals surface area (Å²) >= 11 is 1.26. The Morgan fingerprint density at radius 3 is 3.07 bits per heavy atom. The van der Waals surface area contributed by atoms with Gasteiger partial charge in [0.1, 0.15) is 11.8 Å². The second-order valence-electron chi connectivity index (χ2n) is 2.99. The highest BCUT2D eigenvalue weighted by molar-refractivity contribution is 7.13. The van der Waals surface area contributed by atoms with Crippen LogP contribution in [-0.4, -0.2) is 23.1 Å². The van der Waals surface area contributed by atoms with Crippen LogP contribution in [0.5, 0.6) is 0 Å². The largest absolute Gasteiger partial charge is 0.392 e. The van der Waals surface area contributed by atoms with Crippen LogP contribution >= 0.6 is 11.3 Å². The van der Waals surface area contributed by atoms with Crippen LogP contribution in [0.1, 0.15) is 26.0 Å². The quantitative estimate of drug-likeness (QED) is 0.469. The lowest BCUT2D eigenvalue weighted by molar-refractivity contribution is -0.102. The Morgan fingerprint density at radius 2 is 2.60 bits per heavy atom. The number of oxime groups is 1. The maximum Gasteiger partial charge on any atom is 0.180 e. The topological polar surface area (TPSA) is 77.6 Å². The second kappa shape index (κ2) is 5.45. The Bertz CT molecular complexity index is 362. The predicted octanol–water partition coefficient (Wildman–Crippen LogP) is 1.44. The highest BCUT2D eigenvalue weighted by atomic mass is 32.1. The zero-order valence-electron chi connectivity index (χ0n) is 8.64. The monoisotopic (exact) mass is 227 g/mol. The molecule has 0 fully saturated rings. The van der Waals surface area contributed by atoms with Crippen molar-refractivity contribution < 1.29 is 9.63 Å². The highest BCUT2D eigenvalue weighted by Crippen LogP contribution is 2.11. The van der Waals surface area contributed by atoms with Gasteiger partial charge in [-0.25, -0.2) is 4.98 Å². The average molecular weight is 227 g/mol. The van der Waals surface area contributed by atoms with Crippen molar-refractivity contribution in [1.82, 2.24) is 4.98 Å². The Labute approximate surface area is 91.9 Å². The van der Waals surface area contributed by atoms with Crippen molar-refractivity contribution in [2.75, 3.05) is 5.73 Å². The van der Waals surface area contributed by atoms with Gasteiger partial charge in [0.05, 0.1) is 0 Å². The summed E-state index contributed by atoms with van der Waals surface area (Å²) in [5, 5.41) is 5.81. The van der Waals surface area contributed by atoms with E-state index < -0.39 is 0 Å². The molecule has 1 rings (SSSR count). The van der Waals surface area contributed by atoms with Crippen molar-refractivity contribution in [3.05, 3.63) is 11.1 Å². The van der Waals surface area contributed by atoms with Crippen LogP contribution < -0.4 is 5.73 Å². The molecule has 1 aromatic rings. The smallest absolute Gasteiger partial charge is 0.180 e. The van der Waals surface area contributed by atoms with E-state index in [-0.39, 0.29) is 11.8 Å². The molecule has 15 heavy (non-hydrogen) atoms. The van der Waals surface area contributed by atoms with E-state index in [0.717, 1.165) is 6.42 Å². The van der Waals surface area contributed by atoms with Gasteiger partial charge < -0.3 is 10.6 Å². The fourth-order valence-corrected chi connectivity index (χ4v) is 1.31. The van der Waals surface area contributed by atoms with Gasteiger partial charge in [0.2, 0.25) is 0 Å². The lowest BCUT2D eigenvalue weighted by atomic mass is 10.3. The molecule has 0 spiro atoms. The van der Waals surface area contributed by atoms with Crippen molar-refractivity contribution in [1.29, 1.82) is 0 Å². The van der Waals surface area contributed by atoms with E-state index in [2.05, 4.69) is 10.1 Å². The maximum absolute atomic E-state index is 10.7. The van der Waals surface area contributed by atoms with Crippen LogP contribution in [-0.2, 0) is 9.63 Å². The molecule has 0 saturated carbocycles. The minimum absolute atomic E-state index is 0.0177. The molecule has 0 bridgehead atoms. The van der Waals surface area contributed by atoms with E-state index in [9.17, 15) is 4.79 Å². The van der Waals surface area contributed by atoms with Crippen molar-refractivity contribution in [3.63, 3.8) is 0 Å². The molecular formula is C9H13N3O2S. The minimum Gasteiger partial charge on any atom is -0.392 e. The molecule has 1 unspecified atom stereocenters. The van der Waals surface area contributed by atoms with E-state index in [1.165, 1.54) is 11.3 Å². The molecule has 1 aromatic heterocycles. The highest BCUT2D eigenvalue weighted by Gasteiger charge is 2.08. The second-order valence-corrected chi connectivity index (χ2v) is 3.88. The third kappa shape index (κ3) is 3.32. The Hall–Kier alpha value is -1.43. The predicted molar refractivity (Wildman–Crippen MR) is 60.0 cm³/mol. The molecule has 5 nitrogen and oxygen atoms in total. The van der Waals surface area contributed by atoms with Crippen LogP contribution in [0.2, 0.25) is 0 Å². The van der Waals surface area contributed by atoms with E-state index in [1.54, 1.807) is 5.38 Å². The molecule has 82 valence electrons. The van der Waals surface area contributed by atoms with Gasteiger partial charge in [0.25, 0.3) is 0 Å². The van der Waals surface area contributed by atoms with Crippen LogP contribution in [0.3, 0.4) is 0 Å². The molecule has 0 radical (unpaired) electrons. The zero-order chi connectivity index (χ0) is 11.3. The maximum atomic E-state index is 10.7. The van der Waals surface area contributed by atoms with Crippen molar-refractivity contribution in [3.8, 4) is 0 Å². The third-order valence-electron chi connectivity index (χ3n) is 1.80. The first-order valence-electron chi connectivity index (χ1n) is 4.57. The number of thiazole rings is 1. The SMILES string of the molecule is CCC(C)ON=C(C=O)c1csc(N)n1. The van der Waals surface area contributed by atoms with Crippen molar-refractivity contribution in [2.24, 2.45) is 5.16 Å². The number of nitrogen functional groups attached to an aromatic ring is 1. The zero-order valence-corrected chi connectivity index (χ0v) is 9.45. The van der Waals surface area contributed by atoms with E-state index in [4.69, 9.17) is 10.6 Å². The van der Waals surface area contributed by atoms with Gasteiger partial charge in [0, 0.05) is 5.38 Å². The van der Waals surface area contributed by atoms with Gasteiger partial charge in [-0.3, -0.25) is 4.79 Å². The van der Waals surface area contributed by atoms with Crippen LogP contribution in [0.15, 0.2) is 10.5 Å². The van der Waals surface area contributed by atoms with Gasteiger partial charge in [-0.2, -0.15) is 0 Å². The van der Waals surface area contributed by atoms with Gasteiger partial charge >= 0.3 is 0 Å². The summed E-state index contributed by atoms with van der Waals surface area (Å²) in [6.07, 6.45) is 1.42. The van der Waals surface area contributed by atoms with Gasteiger partial charge in [-0.1, -0.05) is 12.1 Å². The number of hydrogen-bond donors (Lipinski definition) is 1. The van der Waals surface area contributed by atoms with E-state index in [1.807, 2.05) is 13.8 Å². The van der Waals surface area contributed by atoms with Crippen LogP contribution in [0.4, 0.5) is 5.13 Å². The normalized spacial score (nSPS) is 13.6. The Balaban J connectivity index is 2.75. The molecule has 0 aliphatic heterocycles. The number of carbonyl (C=O) groups excluding carboxylic acids is 1. The van der Waals surface area contributed by atoms with Crippen LogP contribution in [0.25, 0.3) is 0 Å². The molecule has 1 heterocycles. The van der Waals surface area contributed by atoms with Gasteiger partial charge in [-0.15, -0.1) is 11.3 Å². The first kappa shape index (κ1) is 11.6. The summed E-state index contributed by atoms with van der Waals surface area (Å²) in [4.78, 5) is 19.8. The number of nitrogens with zero attached hydrogens (tertiary/aromatic N) is 2. The molecule has 6 heteroatoms. The summed E-state index contributed by atoms with van der Waals surface area (Å²) in [6, 6.07) is 0. The Kier molecular flexibility index (Phi) is 4.23. The summed E-state index contributed by atoms with van der Waals surface area (Å²) in [7, 11) is 0. The molecule has 0 amide bonds. The van der Waals surface area contributed by atoms with Gasteiger partial charge in [0.15, 0.2) is 17.1 Å². The summed E-state index contributed by atoms with van der Waals surface area (Å²) < 4.78 is 0. The fraction of sp³-hybridized carbons (Fsp3) is 0.444. The molecular weight excluding hydrogens is 214 g/mol. The average Bonchev–Trinajstić information content (AvgIpc) is 2.65. The molecule has 1 atom stereocenters. The molecule has 2 N–H and O–H groups in total. The summed E-state index contributed by atoms with van der Waals surface area (Å²) in [5.41, 5.74) is 6.07. The number of hydrogen-bond acceptors (Lipinski definition) is 6. The van der Waals surface area contributed by atoms with E-state index >= 15 is 0 Å². The fourth-order valence-electron chi connectivity index (χ4n) is 0.755. The molecule has 0 aromatic carbocycles. The number of aldehydes is 1. The standard InChI is InChI=1S/C9H13N3O2S/c1-3-6(2)14-12-7(4-13)8-5-15-9(10)11-8/h4-6H,3H2,1-2H3,(H2,10,11). The third-order valence-corrected chi connectivity index (χ3v) is 2.48. The summed E-state index contributed by atoms with van der Waals surface area (Å²) in [5.74, 6) is 0. The molecule has 0 aliphatic rings. The number of aromatic nitrogens is 1. The Morgan fingerprint density at radius 1 is 1.87 bits per heavy atom. The minimum atomic E-state index is -0.0177. The first-order chi connectivity index (χ1) is 7.17. The number of nitrogens with two attached hydrogens (primary N) is 1. The van der Waals surface area contributed by atoms with Crippen molar-refractivity contribution >= 4 is 28.5 Å². The van der Waals surface area contributed by atoms with E-state index in [0.29, 0.717) is 17.1 Å². The van der Waals surface area contributed by atoms with Crippen LogP contribution in [0, 0.1) is 0 Å². The lowest BCUT2D eigenvalue weighted by Gasteiger charge is -2.05. The number of carbonyl (C=O) groups is 1. The summed E-state index contributed by atoms with van der Waals surface area (Å²) in [6.45, 7) is 3.85. The van der Waals surface area contributed by atoms with Gasteiger partial charge in [-0.05, 0) is 13.3 Å². The number of rotatable bonds is 5.